The van der Waals surface area contributed by atoms with Crippen LogP contribution < -0.4 is 0 Å². The van der Waals surface area contributed by atoms with Crippen molar-refractivity contribution < 1.29 is 14.3 Å². The molecule has 4 heteroatoms. The minimum Gasteiger partial charge on any atom is -0.462 e. The number of ketones is 1. The summed E-state index contributed by atoms with van der Waals surface area (Å²) in [5.74, 6) is 4.48. The van der Waals surface area contributed by atoms with Crippen molar-refractivity contribution in [1.82, 2.24) is 0 Å². The summed E-state index contributed by atoms with van der Waals surface area (Å²) in [5.41, 5.74) is 3.00. The van der Waals surface area contributed by atoms with Gasteiger partial charge in [-0.2, -0.15) is 0 Å². The lowest BCUT2D eigenvalue weighted by atomic mass is 9.47. The van der Waals surface area contributed by atoms with Crippen LogP contribution in [0.3, 0.4) is 0 Å². The number of carbonyl (C=O) groups excluding carboxylic acids is 2. The largest absolute Gasteiger partial charge is 0.462 e. The van der Waals surface area contributed by atoms with E-state index in [-0.39, 0.29) is 29.2 Å². The molecule has 1 aromatic heterocycles. The minimum absolute atomic E-state index is 0.00817. The zero-order chi connectivity index (χ0) is 31.9. The fourth-order valence-corrected chi connectivity index (χ4v) is 11.6. The van der Waals surface area contributed by atoms with Crippen LogP contribution in [0.5, 0.6) is 0 Å². The second kappa shape index (κ2) is 13.1. The van der Waals surface area contributed by atoms with Crippen LogP contribution in [0.2, 0.25) is 0 Å². The number of benzene rings is 1. The molecule has 3 nitrogen and oxygen atoms in total. The first-order chi connectivity index (χ1) is 21.5. The highest BCUT2D eigenvalue weighted by molar-refractivity contribution is 7.14. The summed E-state index contributed by atoms with van der Waals surface area (Å²) in [6.45, 7) is 14.4. The normalized spacial score (nSPS) is 33.8. The first-order valence-corrected chi connectivity index (χ1v) is 18.9. The van der Waals surface area contributed by atoms with E-state index in [1.165, 1.54) is 62.7 Å². The van der Waals surface area contributed by atoms with E-state index in [0.29, 0.717) is 15.9 Å². The number of rotatable bonds is 10. The Morgan fingerprint density at radius 3 is 2.44 bits per heavy atom. The lowest BCUT2D eigenvalue weighted by Crippen LogP contribution is -2.51. The molecule has 3 saturated carbocycles. The molecule has 45 heavy (non-hydrogen) atoms. The third kappa shape index (κ3) is 6.27. The summed E-state index contributed by atoms with van der Waals surface area (Å²) in [6.07, 6.45) is 16.5. The lowest BCUT2D eigenvalue weighted by molar-refractivity contribution is -0.152. The summed E-state index contributed by atoms with van der Waals surface area (Å²) in [5, 5.41) is 0. The molecule has 0 amide bonds. The molecule has 0 unspecified atom stereocenters. The van der Waals surface area contributed by atoms with Crippen LogP contribution in [-0.2, 0) is 9.53 Å². The lowest BCUT2D eigenvalue weighted by Gasteiger charge is -2.58. The summed E-state index contributed by atoms with van der Waals surface area (Å²) in [6, 6.07) is 13.1. The Morgan fingerprint density at radius 1 is 0.911 bits per heavy atom. The summed E-state index contributed by atoms with van der Waals surface area (Å²) >= 11 is 1.42. The maximum absolute atomic E-state index is 13.4. The average Bonchev–Trinajstić information content (AvgIpc) is 3.66. The first kappa shape index (κ1) is 32.7. The molecule has 2 aromatic rings. The van der Waals surface area contributed by atoms with Crippen LogP contribution in [0.15, 0.2) is 54.1 Å². The molecular formula is C41H56O3S. The Hall–Kier alpha value is -2.20. The molecule has 4 aliphatic rings. The Kier molecular flexibility index (Phi) is 9.55. The van der Waals surface area contributed by atoms with Gasteiger partial charge in [-0.25, -0.2) is 0 Å². The van der Waals surface area contributed by atoms with Crippen molar-refractivity contribution in [1.29, 1.82) is 0 Å². The fourth-order valence-electron chi connectivity index (χ4n) is 10.6. The van der Waals surface area contributed by atoms with Gasteiger partial charge in [0.25, 0.3) is 0 Å². The van der Waals surface area contributed by atoms with Gasteiger partial charge in [0, 0.05) is 16.9 Å². The molecule has 6 rings (SSSR count). The monoisotopic (exact) mass is 628 g/mol. The molecule has 4 aliphatic carbocycles. The maximum atomic E-state index is 13.4. The topological polar surface area (TPSA) is 43.4 Å². The zero-order valence-electron chi connectivity index (χ0n) is 28.6. The third-order valence-electron chi connectivity index (χ3n) is 13.2. The second-order valence-corrected chi connectivity index (χ2v) is 17.3. The van der Waals surface area contributed by atoms with Gasteiger partial charge in [0.1, 0.15) is 6.10 Å². The Morgan fingerprint density at radius 2 is 1.69 bits per heavy atom. The second-order valence-electron chi connectivity index (χ2n) is 16.2. The highest BCUT2D eigenvalue weighted by Gasteiger charge is 2.59. The number of esters is 1. The Balaban J connectivity index is 1.07. The van der Waals surface area contributed by atoms with Gasteiger partial charge in [0.15, 0.2) is 0 Å². The van der Waals surface area contributed by atoms with Crippen molar-refractivity contribution in [3.8, 4) is 0 Å². The number of thiophene rings is 1. The molecule has 0 spiro atoms. The van der Waals surface area contributed by atoms with Gasteiger partial charge in [0.05, 0.1) is 10.8 Å². The first-order valence-electron chi connectivity index (χ1n) is 18.1. The van der Waals surface area contributed by atoms with E-state index in [9.17, 15) is 9.59 Å². The van der Waals surface area contributed by atoms with Crippen LogP contribution in [-0.4, -0.2) is 17.9 Å². The molecular weight excluding hydrogens is 573 g/mol. The van der Waals surface area contributed by atoms with Crippen molar-refractivity contribution in [3.05, 3.63) is 69.4 Å². The molecule has 0 saturated heterocycles. The number of fused-ring (bicyclic) bond motifs is 5. The van der Waals surface area contributed by atoms with E-state index < -0.39 is 0 Å². The molecule has 1 aromatic carbocycles. The van der Waals surface area contributed by atoms with Crippen LogP contribution in [0, 0.1) is 46.3 Å². The van der Waals surface area contributed by atoms with Gasteiger partial charge in [-0.3, -0.25) is 9.59 Å². The number of carbonyl (C=O) groups is 2. The summed E-state index contributed by atoms with van der Waals surface area (Å²) in [4.78, 5) is 27.8. The van der Waals surface area contributed by atoms with E-state index >= 15 is 0 Å². The van der Waals surface area contributed by atoms with E-state index in [0.717, 1.165) is 59.6 Å². The minimum atomic E-state index is -0.371. The quantitative estimate of drug-likeness (QED) is 0.149. The average molecular weight is 629 g/mol. The van der Waals surface area contributed by atoms with Crippen LogP contribution >= 0.6 is 11.3 Å². The van der Waals surface area contributed by atoms with Gasteiger partial charge >= 0.3 is 5.97 Å². The van der Waals surface area contributed by atoms with Gasteiger partial charge < -0.3 is 4.74 Å². The molecule has 0 radical (unpaired) electrons. The third-order valence-corrected chi connectivity index (χ3v) is 14.5. The van der Waals surface area contributed by atoms with Crippen molar-refractivity contribution in [2.24, 2.45) is 46.3 Å². The van der Waals surface area contributed by atoms with Crippen LogP contribution in [0.1, 0.15) is 138 Å². The zero-order valence-corrected chi connectivity index (χ0v) is 29.5. The molecule has 0 aliphatic heterocycles. The molecule has 3 fully saturated rings. The number of allylic oxidation sites excluding steroid dienone is 1. The van der Waals surface area contributed by atoms with Crippen molar-refractivity contribution >= 4 is 23.1 Å². The predicted molar refractivity (Wildman–Crippen MR) is 186 cm³/mol. The number of hydrogen-bond donors (Lipinski definition) is 0. The van der Waals surface area contributed by atoms with Crippen LogP contribution in [0.25, 0.3) is 0 Å². The van der Waals surface area contributed by atoms with Gasteiger partial charge in [0.2, 0.25) is 5.78 Å². The van der Waals surface area contributed by atoms with Crippen LogP contribution in [0.4, 0.5) is 0 Å². The molecule has 244 valence electrons. The smallest absolute Gasteiger partial charge is 0.314 e. The highest BCUT2D eigenvalue weighted by Crippen LogP contribution is 2.67. The van der Waals surface area contributed by atoms with Gasteiger partial charge in [-0.1, -0.05) is 95.9 Å². The predicted octanol–water partition coefficient (Wildman–Crippen LogP) is 11.0. The van der Waals surface area contributed by atoms with E-state index in [1.54, 1.807) is 5.57 Å². The molecule has 1 heterocycles. The fraction of sp³-hybridized carbons (Fsp3) is 0.659. The molecule has 9 atom stereocenters. The van der Waals surface area contributed by atoms with Crippen molar-refractivity contribution in [2.45, 2.75) is 124 Å². The summed E-state index contributed by atoms with van der Waals surface area (Å²) < 4.78 is 6.21. The van der Waals surface area contributed by atoms with E-state index in [2.05, 4.69) is 40.7 Å². The molecule has 0 N–H and O–H groups in total. The Bertz CT molecular complexity index is 1390. The van der Waals surface area contributed by atoms with E-state index in [1.807, 2.05) is 49.4 Å². The Labute approximate surface area is 276 Å². The molecule has 0 bridgehead atoms. The highest BCUT2D eigenvalue weighted by atomic mass is 32.1. The van der Waals surface area contributed by atoms with Gasteiger partial charge in [-0.15, -0.1) is 11.3 Å². The van der Waals surface area contributed by atoms with Gasteiger partial charge in [-0.05, 0) is 110 Å². The number of ether oxygens (including phenoxy) is 1. The standard InChI is InChI=1S/C41H56O3S/c1-26(2)11-10-12-27(3)33-17-18-34-32-16-15-30-25-31(21-23-40(30,5)35(32)22-24-41(33,34)6)44-39(43)28(4)36-19-20-37(45-36)38(42)29-13-8-7-9-14-29/h7-9,13-15,19-20,26-28,31-35H,10-12,16-18,21-25H2,1-6H3/t27-,28-,31-,32+,33-,34+,35+,40+,41-/m1/s1. The maximum Gasteiger partial charge on any atom is 0.314 e. The summed E-state index contributed by atoms with van der Waals surface area (Å²) in [7, 11) is 0. The SMILES string of the molecule is CC(C)CCC[C@@H](C)[C@H]1CC[C@H]2[C@@H]3CC=C4C[C@H](OC(=O)[C@H](C)c5ccc(C(=O)c6ccccc6)s5)CC[C@]4(C)[C@H]3CC[C@]12C. The van der Waals surface area contributed by atoms with E-state index in [4.69, 9.17) is 4.74 Å². The van der Waals surface area contributed by atoms with Crippen molar-refractivity contribution in [3.63, 3.8) is 0 Å². The van der Waals surface area contributed by atoms with Crippen molar-refractivity contribution in [2.75, 3.05) is 0 Å². The number of hydrogen-bond acceptors (Lipinski definition) is 4.